The van der Waals surface area contributed by atoms with E-state index in [0.717, 1.165) is 0 Å². The molecule has 0 radical (unpaired) electrons. The zero-order valence-electron chi connectivity index (χ0n) is 22.5. The van der Waals surface area contributed by atoms with Gasteiger partial charge in [0.1, 0.15) is 4.90 Å². The van der Waals surface area contributed by atoms with Gasteiger partial charge in [-0.3, -0.25) is 9.78 Å². The van der Waals surface area contributed by atoms with Gasteiger partial charge in [0.2, 0.25) is 10.0 Å². The number of benzene rings is 2. The van der Waals surface area contributed by atoms with Crippen LogP contribution < -0.4 is 21.3 Å². The van der Waals surface area contributed by atoms with E-state index in [1.165, 1.54) is 34.7 Å². The maximum absolute atomic E-state index is 13.4. The molecule has 1 saturated heterocycles. The van der Waals surface area contributed by atoms with Crippen molar-refractivity contribution >= 4 is 62.4 Å². The van der Waals surface area contributed by atoms with Gasteiger partial charge in [-0.15, -0.1) is 0 Å². The number of pyridine rings is 1. The predicted octanol–water partition coefficient (Wildman–Crippen LogP) is 2.68. The molecular weight excluding hydrogens is 605 g/mol. The van der Waals surface area contributed by atoms with Crippen LogP contribution in [0.15, 0.2) is 70.8 Å². The summed E-state index contributed by atoms with van der Waals surface area (Å²) in [5.41, 5.74) is 7.62. The van der Waals surface area contributed by atoms with Crippen LogP contribution in [-0.4, -0.2) is 79.9 Å². The molecule has 5 N–H and O–H groups in total. The van der Waals surface area contributed by atoms with E-state index < -0.39 is 27.9 Å². The monoisotopic (exact) mass is 633 g/mol. The fraction of sp³-hybridized carbons (Fsp3) is 0.259. The van der Waals surface area contributed by atoms with E-state index in [1.807, 2.05) is 0 Å². The Morgan fingerprint density at radius 1 is 1.12 bits per heavy atom. The lowest BCUT2D eigenvalue weighted by Gasteiger charge is -2.29. The molecule has 1 aliphatic rings. The van der Waals surface area contributed by atoms with Gasteiger partial charge in [-0.25, -0.2) is 18.2 Å². The number of halogens is 2. The van der Waals surface area contributed by atoms with E-state index >= 15 is 0 Å². The lowest BCUT2D eigenvalue weighted by molar-refractivity contribution is -0.138. The number of nitrogens with one attached hydrogen (secondary N) is 2. The van der Waals surface area contributed by atoms with Crippen LogP contribution in [0.4, 0.5) is 11.4 Å². The van der Waals surface area contributed by atoms with E-state index in [0.29, 0.717) is 37.4 Å². The number of carbonyl (C=O) groups is 2. The van der Waals surface area contributed by atoms with E-state index in [4.69, 9.17) is 28.9 Å². The average molecular weight is 635 g/mol. The SMILES string of the molecule is CN(C(N)=N[C@@H](Cc1ccc(NC(=O)c2c(Cl)cncc2Cl)cc1)C(=O)O)c1ccccc1S(=O)(=O)N1CCNCC1. The number of aliphatic imine (C=N–C) groups is 1. The van der Waals surface area contributed by atoms with Crippen LogP contribution in [0.2, 0.25) is 10.0 Å². The largest absolute Gasteiger partial charge is 0.480 e. The van der Waals surface area contributed by atoms with Crippen LogP contribution in [0.5, 0.6) is 0 Å². The van der Waals surface area contributed by atoms with E-state index in [2.05, 4.69) is 20.6 Å². The van der Waals surface area contributed by atoms with Crippen molar-refractivity contribution in [1.82, 2.24) is 14.6 Å². The molecule has 1 aromatic heterocycles. The first-order chi connectivity index (χ1) is 20.0. The second kappa shape index (κ2) is 13.5. The summed E-state index contributed by atoms with van der Waals surface area (Å²) in [4.78, 5) is 34.2. The van der Waals surface area contributed by atoms with Crippen LogP contribution in [0.1, 0.15) is 15.9 Å². The Morgan fingerprint density at radius 2 is 1.74 bits per heavy atom. The number of anilines is 2. The Bertz CT molecular complexity index is 1580. The summed E-state index contributed by atoms with van der Waals surface area (Å²) >= 11 is 12.1. The molecule has 222 valence electrons. The summed E-state index contributed by atoms with van der Waals surface area (Å²) in [5, 5.41) is 15.9. The van der Waals surface area contributed by atoms with Crippen LogP contribution in [0, 0.1) is 0 Å². The number of amides is 1. The third-order valence-corrected chi connectivity index (χ3v) is 9.08. The number of carbonyl (C=O) groups excluding carboxylic acids is 1. The molecular formula is C27H29Cl2N7O5S. The normalized spacial score (nSPS) is 15.2. The van der Waals surface area contributed by atoms with Crippen molar-refractivity contribution in [2.75, 3.05) is 43.4 Å². The van der Waals surface area contributed by atoms with Gasteiger partial charge in [-0.2, -0.15) is 4.31 Å². The van der Waals surface area contributed by atoms with E-state index in [9.17, 15) is 23.1 Å². The topological polar surface area (TPSA) is 170 Å². The molecule has 0 unspecified atom stereocenters. The highest BCUT2D eigenvalue weighted by Crippen LogP contribution is 2.28. The number of carboxylic acid groups (broad SMARTS) is 1. The minimum absolute atomic E-state index is 0.0131. The van der Waals surface area contributed by atoms with Gasteiger partial charge in [0.05, 0.1) is 21.3 Å². The predicted molar refractivity (Wildman–Crippen MR) is 162 cm³/mol. The van der Waals surface area contributed by atoms with Crippen LogP contribution in [0.25, 0.3) is 0 Å². The second-order valence-electron chi connectivity index (χ2n) is 9.36. The summed E-state index contributed by atoms with van der Waals surface area (Å²) in [5.74, 6) is -1.91. The Morgan fingerprint density at radius 3 is 2.36 bits per heavy atom. The summed E-state index contributed by atoms with van der Waals surface area (Å²) in [6.45, 7) is 1.75. The third kappa shape index (κ3) is 7.17. The van der Waals surface area contributed by atoms with Gasteiger partial charge in [0, 0.05) is 57.7 Å². The Hall–Kier alpha value is -3.75. The van der Waals surface area contributed by atoms with Crippen molar-refractivity contribution in [3.05, 3.63) is 82.1 Å². The quantitative estimate of drug-likeness (QED) is 0.204. The zero-order valence-corrected chi connectivity index (χ0v) is 24.8. The number of guanidine groups is 1. The van der Waals surface area contributed by atoms with E-state index in [1.54, 1.807) is 42.5 Å². The minimum atomic E-state index is -3.82. The van der Waals surface area contributed by atoms with Gasteiger partial charge >= 0.3 is 5.97 Å². The number of nitrogens with two attached hydrogens (primary N) is 1. The number of rotatable bonds is 9. The lowest BCUT2D eigenvalue weighted by Crippen LogP contribution is -2.46. The zero-order chi connectivity index (χ0) is 30.4. The number of sulfonamides is 1. The number of nitrogens with zero attached hydrogens (tertiary/aromatic N) is 4. The molecule has 1 atom stereocenters. The van der Waals surface area contributed by atoms with Crippen LogP contribution >= 0.6 is 23.2 Å². The number of carboxylic acids is 1. The van der Waals surface area contributed by atoms with E-state index in [-0.39, 0.29) is 38.6 Å². The maximum Gasteiger partial charge on any atom is 0.328 e. The molecule has 12 nitrogen and oxygen atoms in total. The molecule has 1 aliphatic heterocycles. The first kappa shape index (κ1) is 31.2. The molecule has 0 spiro atoms. The average Bonchev–Trinajstić information content (AvgIpc) is 2.97. The van der Waals surface area contributed by atoms with Gasteiger partial charge in [0.15, 0.2) is 12.0 Å². The van der Waals surface area contributed by atoms with Crippen molar-refractivity contribution in [3.63, 3.8) is 0 Å². The molecule has 0 saturated carbocycles. The third-order valence-electron chi connectivity index (χ3n) is 6.56. The standard InChI is InChI=1S/C27H29Cl2N7O5S/c1-35(22-4-2-3-5-23(22)42(40,41)36-12-10-31-11-13-36)27(30)34-21(26(38)39)14-17-6-8-18(9-7-17)33-25(37)24-19(28)15-32-16-20(24)29/h2-9,15-16,21,31H,10-14H2,1H3,(H2,30,34)(H,33,37)(H,38,39)/t21-/m0/s1. The Labute approximate surface area is 253 Å². The van der Waals surface area contributed by atoms with Crippen molar-refractivity contribution in [3.8, 4) is 0 Å². The van der Waals surface area contributed by atoms with Crippen molar-refractivity contribution < 1.29 is 23.1 Å². The Kier molecular flexibility index (Phi) is 10.0. The van der Waals surface area contributed by atoms with Crippen molar-refractivity contribution in [2.45, 2.75) is 17.4 Å². The highest BCUT2D eigenvalue weighted by Gasteiger charge is 2.30. The van der Waals surface area contributed by atoms with Gasteiger partial charge < -0.3 is 26.4 Å². The first-order valence-electron chi connectivity index (χ1n) is 12.8. The van der Waals surface area contributed by atoms with Gasteiger partial charge in [0.25, 0.3) is 5.91 Å². The van der Waals surface area contributed by atoms with Crippen LogP contribution in [0.3, 0.4) is 0 Å². The number of hydrogen-bond donors (Lipinski definition) is 4. The number of piperazine rings is 1. The highest BCUT2D eigenvalue weighted by atomic mass is 35.5. The fourth-order valence-corrected chi connectivity index (χ4v) is 6.50. The number of hydrogen-bond acceptors (Lipinski definition) is 7. The molecule has 0 aliphatic carbocycles. The molecule has 2 heterocycles. The maximum atomic E-state index is 13.4. The summed E-state index contributed by atoms with van der Waals surface area (Å²) < 4.78 is 28.1. The molecule has 2 aromatic carbocycles. The summed E-state index contributed by atoms with van der Waals surface area (Å²) in [6.07, 6.45) is 2.61. The van der Waals surface area contributed by atoms with Gasteiger partial charge in [-0.05, 0) is 29.8 Å². The molecule has 3 aromatic rings. The smallest absolute Gasteiger partial charge is 0.328 e. The second-order valence-corrected chi connectivity index (χ2v) is 12.1. The highest BCUT2D eigenvalue weighted by molar-refractivity contribution is 7.89. The molecule has 1 amide bonds. The molecule has 15 heteroatoms. The first-order valence-corrected chi connectivity index (χ1v) is 15.0. The number of aliphatic carboxylic acids is 1. The molecule has 42 heavy (non-hydrogen) atoms. The number of aromatic nitrogens is 1. The number of para-hydroxylation sites is 1. The van der Waals surface area contributed by atoms with Gasteiger partial charge in [-0.1, -0.05) is 47.5 Å². The lowest BCUT2D eigenvalue weighted by atomic mass is 10.1. The van der Waals surface area contributed by atoms with Crippen molar-refractivity contribution in [2.24, 2.45) is 10.7 Å². The molecule has 4 rings (SSSR count). The molecule has 0 bridgehead atoms. The minimum Gasteiger partial charge on any atom is -0.480 e. The summed E-state index contributed by atoms with van der Waals surface area (Å²) in [6, 6.07) is 11.6. The summed E-state index contributed by atoms with van der Waals surface area (Å²) in [7, 11) is -2.29. The molecule has 1 fully saturated rings. The fourth-order valence-electron chi connectivity index (χ4n) is 4.30. The van der Waals surface area contributed by atoms with Crippen molar-refractivity contribution in [1.29, 1.82) is 0 Å². The van der Waals surface area contributed by atoms with Crippen LogP contribution in [-0.2, 0) is 21.2 Å². The Balaban J connectivity index is 1.50.